The molecule has 0 radical (unpaired) electrons. The van der Waals surface area contributed by atoms with Crippen LogP contribution in [-0.4, -0.2) is 14.8 Å². The van der Waals surface area contributed by atoms with Crippen molar-refractivity contribution in [1.82, 2.24) is 14.8 Å². The Morgan fingerprint density at radius 2 is 2.12 bits per heavy atom. The third-order valence-electron chi connectivity index (χ3n) is 2.46. The maximum absolute atomic E-state index is 6.11. The van der Waals surface area contributed by atoms with Crippen LogP contribution in [0.1, 0.15) is 17.0 Å². The molecule has 5 heteroatoms. The Bertz CT molecular complexity index is 520. The molecule has 3 nitrogen and oxygen atoms in total. The number of hydrogen-bond donors (Lipinski definition) is 0. The van der Waals surface area contributed by atoms with Gasteiger partial charge in [0.25, 0.3) is 0 Å². The van der Waals surface area contributed by atoms with Gasteiger partial charge < -0.3 is 0 Å². The van der Waals surface area contributed by atoms with E-state index < -0.39 is 0 Å². The third kappa shape index (κ3) is 1.81. The van der Waals surface area contributed by atoms with Gasteiger partial charge in [-0.3, -0.25) is 4.98 Å². The van der Waals surface area contributed by atoms with Gasteiger partial charge in [-0.25, -0.2) is 4.68 Å². The first kappa shape index (κ1) is 11.4. The van der Waals surface area contributed by atoms with Crippen LogP contribution in [0.4, 0.5) is 0 Å². The van der Waals surface area contributed by atoms with Crippen LogP contribution in [0.3, 0.4) is 0 Å². The second kappa shape index (κ2) is 4.44. The highest BCUT2D eigenvalue weighted by Crippen LogP contribution is 2.24. The standard InChI is InChI=1S/C11H11Cl2N3/c1-7-11(13)8(2)16(15-7)10-6-14-4-3-9(10)5-12/h3-4,6H,5H2,1-2H3. The minimum atomic E-state index is 0.424. The molecule has 0 spiro atoms. The molecule has 2 aromatic heterocycles. The zero-order valence-electron chi connectivity index (χ0n) is 9.04. The van der Waals surface area contributed by atoms with Crippen molar-refractivity contribution in [1.29, 1.82) is 0 Å². The summed E-state index contributed by atoms with van der Waals surface area (Å²) in [6.45, 7) is 3.80. The van der Waals surface area contributed by atoms with Crippen LogP contribution in [-0.2, 0) is 5.88 Å². The van der Waals surface area contributed by atoms with Gasteiger partial charge in [-0.1, -0.05) is 11.6 Å². The summed E-state index contributed by atoms with van der Waals surface area (Å²) in [5.74, 6) is 0.424. The van der Waals surface area contributed by atoms with Crippen molar-refractivity contribution >= 4 is 23.2 Å². The molecule has 84 valence electrons. The number of rotatable bonds is 2. The second-order valence-electron chi connectivity index (χ2n) is 3.53. The molecule has 0 aliphatic heterocycles. The van der Waals surface area contributed by atoms with Crippen molar-refractivity contribution in [2.45, 2.75) is 19.7 Å². The topological polar surface area (TPSA) is 30.7 Å². The Morgan fingerprint density at radius 1 is 1.38 bits per heavy atom. The van der Waals surface area contributed by atoms with Crippen LogP contribution in [0, 0.1) is 13.8 Å². The summed E-state index contributed by atoms with van der Waals surface area (Å²) in [4.78, 5) is 4.09. The predicted octanol–water partition coefficient (Wildman–Crippen LogP) is 3.28. The Labute approximate surface area is 104 Å². The van der Waals surface area contributed by atoms with E-state index in [1.165, 1.54) is 0 Å². The summed E-state index contributed by atoms with van der Waals surface area (Å²) in [6, 6.07) is 1.88. The van der Waals surface area contributed by atoms with Gasteiger partial charge in [-0.15, -0.1) is 11.6 Å². The van der Waals surface area contributed by atoms with Crippen LogP contribution in [0.2, 0.25) is 5.02 Å². The zero-order chi connectivity index (χ0) is 11.7. The molecule has 0 fully saturated rings. The maximum atomic E-state index is 6.11. The lowest BCUT2D eigenvalue weighted by Gasteiger charge is -2.07. The molecule has 0 amide bonds. The van der Waals surface area contributed by atoms with Crippen LogP contribution in [0.5, 0.6) is 0 Å². The summed E-state index contributed by atoms with van der Waals surface area (Å²) in [5.41, 5.74) is 3.58. The van der Waals surface area contributed by atoms with Gasteiger partial charge >= 0.3 is 0 Å². The van der Waals surface area contributed by atoms with Gasteiger partial charge in [-0.2, -0.15) is 5.10 Å². The van der Waals surface area contributed by atoms with E-state index in [-0.39, 0.29) is 0 Å². The number of aryl methyl sites for hydroxylation is 1. The largest absolute Gasteiger partial charge is 0.262 e. The minimum absolute atomic E-state index is 0.424. The van der Waals surface area contributed by atoms with E-state index in [1.54, 1.807) is 17.1 Å². The number of hydrogen-bond acceptors (Lipinski definition) is 2. The first-order valence-corrected chi connectivity index (χ1v) is 5.77. The molecule has 0 aliphatic rings. The number of halogens is 2. The van der Waals surface area contributed by atoms with E-state index in [4.69, 9.17) is 23.2 Å². The molecule has 16 heavy (non-hydrogen) atoms. The van der Waals surface area contributed by atoms with Crippen molar-refractivity contribution in [3.63, 3.8) is 0 Å². The van der Waals surface area contributed by atoms with Crippen LogP contribution >= 0.6 is 23.2 Å². The van der Waals surface area contributed by atoms with Gasteiger partial charge in [0.15, 0.2) is 0 Å². The SMILES string of the molecule is Cc1nn(-c2cnccc2CCl)c(C)c1Cl. The normalized spacial score (nSPS) is 10.8. The fourth-order valence-electron chi connectivity index (χ4n) is 1.58. The highest BCUT2D eigenvalue weighted by Gasteiger charge is 2.13. The molecular formula is C11H11Cl2N3. The first-order chi connectivity index (χ1) is 7.65. The van der Waals surface area contributed by atoms with Crippen molar-refractivity contribution in [3.05, 3.63) is 40.4 Å². The van der Waals surface area contributed by atoms with E-state index in [9.17, 15) is 0 Å². The average molecular weight is 256 g/mol. The molecule has 0 unspecified atom stereocenters. The quantitative estimate of drug-likeness (QED) is 0.772. The molecule has 0 bridgehead atoms. The van der Waals surface area contributed by atoms with Gasteiger partial charge in [-0.05, 0) is 25.5 Å². The van der Waals surface area contributed by atoms with Crippen molar-refractivity contribution < 1.29 is 0 Å². The lowest BCUT2D eigenvalue weighted by Crippen LogP contribution is -2.03. The molecule has 2 rings (SSSR count). The molecular weight excluding hydrogens is 245 g/mol. The van der Waals surface area contributed by atoms with Crippen LogP contribution < -0.4 is 0 Å². The Kier molecular flexibility index (Phi) is 3.17. The average Bonchev–Trinajstić information content (AvgIpc) is 2.57. The van der Waals surface area contributed by atoms with Crippen molar-refractivity contribution in [2.75, 3.05) is 0 Å². The second-order valence-corrected chi connectivity index (χ2v) is 4.18. The molecule has 0 N–H and O–H groups in total. The Hall–Kier alpha value is -1.06. The van der Waals surface area contributed by atoms with Gasteiger partial charge in [0.1, 0.15) is 0 Å². The number of aromatic nitrogens is 3. The van der Waals surface area contributed by atoms with Crippen molar-refractivity contribution in [3.8, 4) is 5.69 Å². The molecule has 0 atom stereocenters. The van der Waals surface area contributed by atoms with E-state index >= 15 is 0 Å². The fraction of sp³-hybridized carbons (Fsp3) is 0.273. The van der Waals surface area contributed by atoms with Crippen LogP contribution in [0.25, 0.3) is 5.69 Å². The van der Waals surface area contributed by atoms with Gasteiger partial charge in [0, 0.05) is 12.1 Å². The molecule has 2 aromatic rings. The monoisotopic (exact) mass is 255 g/mol. The predicted molar refractivity (Wildman–Crippen MR) is 65.4 cm³/mol. The molecule has 0 aliphatic carbocycles. The maximum Gasteiger partial charge on any atom is 0.0876 e. The molecule has 0 aromatic carbocycles. The Balaban J connectivity index is 2.63. The summed E-state index contributed by atoms with van der Waals surface area (Å²) in [5, 5.41) is 5.06. The number of alkyl halides is 1. The van der Waals surface area contributed by atoms with Gasteiger partial charge in [0.05, 0.1) is 28.3 Å². The van der Waals surface area contributed by atoms with E-state index in [0.717, 1.165) is 22.6 Å². The van der Waals surface area contributed by atoms with E-state index in [1.807, 2.05) is 19.9 Å². The first-order valence-electron chi connectivity index (χ1n) is 4.86. The molecule has 0 saturated heterocycles. The highest BCUT2D eigenvalue weighted by molar-refractivity contribution is 6.31. The Morgan fingerprint density at radius 3 is 2.69 bits per heavy atom. The molecule has 2 heterocycles. The number of pyridine rings is 1. The third-order valence-corrected chi connectivity index (χ3v) is 3.30. The smallest absolute Gasteiger partial charge is 0.0876 e. The minimum Gasteiger partial charge on any atom is -0.262 e. The fourth-order valence-corrected chi connectivity index (χ4v) is 1.92. The lowest BCUT2D eigenvalue weighted by atomic mass is 10.2. The highest BCUT2D eigenvalue weighted by atomic mass is 35.5. The van der Waals surface area contributed by atoms with Gasteiger partial charge in [0.2, 0.25) is 0 Å². The molecule has 0 saturated carbocycles. The summed E-state index contributed by atoms with van der Waals surface area (Å²) in [7, 11) is 0. The summed E-state index contributed by atoms with van der Waals surface area (Å²) < 4.78 is 1.78. The van der Waals surface area contributed by atoms with E-state index in [0.29, 0.717) is 10.9 Å². The van der Waals surface area contributed by atoms with Crippen LogP contribution in [0.15, 0.2) is 18.5 Å². The van der Waals surface area contributed by atoms with Crippen molar-refractivity contribution in [2.24, 2.45) is 0 Å². The lowest BCUT2D eigenvalue weighted by molar-refractivity contribution is 0.820. The summed E-state index contributed by atoms with van der Waals surface area (Å²) in [6.07, 6.45) is 3.46. The van der Waals surface area contributed by atoms with E-state index in [2.05, 4.69) is 10.1 Å². The summed E-state index contributed by atoms with van der Waals surface area (Å²) >= 11 is 12.0. The number of nitrogens with zero attached hydrogens (tertiary/aromatic N) is 3. The zero-order valence-corrected chi connectivity index (χ0v) is 10.5.